The van der Waals surface area contributed by atoms with E-state index in [2.05, 4.69) is 31.2 Å². The second-order valence-corrected chi connectivity index (χ2v) is 5.06. The molecule has 0 aromatic carbocycles. The Hall–Kier alpha value is -1.60. The van der Waals surface area contributed by atoms with E-state index in [1.54, 1.807) is 23.9 Å². The van der Waals surface area contributed by atoms with Crippen LogP contribution in [0.5, 0.6) is 0 Å². The maximum Gasteiger partial charge on any atom is 0.278 e. The van der Waals surface area contributed by atoms with Gasteiger partial charge < -0.3 is 8.94 Å². The molecule has 0 saturated heterocycles. The SMILES string of the molecule is Cc1nn(C)c(-c2nc(-c3ccc(Br)o3)no2)c1Cl. The molecule has 8 heteroatoms. The molecule has 3 rings (SSSR count). The minimum absolute atomic E-state index is 0.302. The molecule has 0 bridgehead atoms. The van der Waals surface area contributed by atoms with Crippen LogP contribution in [-0.4, -0.2) is 19.9 Å². The summed E-state index contributed by atoms with van der Waals surface area (Å²) in [5.74, 6) is 1.17. The zero-order valence-corrected chi connectivity index (χ0v) is 12.4. The zero-order valence-electron chi connectivity index (χ0n) is 10.0. The lowest BCUT2D eigenvalue weighted by atomic mass is 10.3. The van der Waals surface area contributed by atoms with Crippen LogP contribution in [0.4, 0.5) is 0 Å². The van der Waals surface area contributed by atoms with Gasteiger partial charge in [0.15, 0.2) is 10.4 Å². The fourth-order valence-electron chi connectivity index (χ4n) is 1.72. The van der Waals surface area contributed by atoms with Crippen molar-refractivity contribution in [1.29, 1.82) is 0 Å². The Morgan fingerprint density at radius 2 is 2.16 bits per heavy atom. The highest BCUT2D eigenvalue weighted by molar-refractivity contribution is 9.10. The lowest BCUT2D eigenvalue weighted by Crippen LogP contribution is -1.94. The van der Waals surface area contributed by atoms with Gasteiger partial charge in [-0.1, -0.05) is 16.8 Å². The van der Waals surface area contributed by atoms with Crippen LogP contribution >= 0.6 is 27.5 Å². The van der Waals surface area contributed by atoms with Crippen LogP contribution in [0, 0.1) is 6.92 Å². The molecule has 0 atom stereocenters. The molecule has 3 aromatic heterocycles. The molecule has 3 heterocycles. The Labute approximate surface area is 121 Å². The summed E-state index contributed by atoms with van der Waals surface area (Å²) < 4.78 is 12.8. The Morgan fingerprint density at radius 1 is 1.37 bits per heavy atom. The van der Waals surface area contributed by atoms with Crippen LogP contribution in [0.25, 0.3) is 23.2 Å². The third-order valence-corrected chi connectivity index (χ3v) is 3.45. The Balaban J connectivity index is 2.06. The first kappa shape index (κ1) is 12.4. The van der Waals surface area contributed by atoms with E-state index in [1.807, 2.05) is 6.92 Å². The molecular weight excluding hydrogens is 336 g/mol. The first-order chi connectivity index (χ1) is 9.06. The minimum atomic E-state index is 0.302. The second-order valence-electron chi connectivity index (χ2n) is 3.90. The third kappa shape index (κ3) is 2.08. The van der Waals surface area contributed by atoms with Crippen molar-refractivity contribution in [2.75, 3.05) is 0 Å². The maximum atomic E-state index is 6.17. The van der Waals surface area contributed by atoms with Crippen molar-refractivity contribution in [3.8, 4) is 23.2 Å². The van der Waals surface area contributed by atoms with Crippen molar-refractivity contribution in [2.45, 2.75) is 6.92 Å². The number of hydrogen-bond donors (Lipinski definition) is 0. The van der Waals surface area contributed by atoms with Gasteiger partial charge in [0, 0.05) is 7.05 Å². The van der Waals surface area contributed by atoms with Gasteiger partial charge in [-0.15, -0.1) is 0 Å². The van der Waals surface area contributed by atoms with Gasteiger partial charge in [0.1, 0.15) is 5.69 Å². The molecule has 0 aliphatic carbocycles. The molecule has 0 radical (unpaired) electrons. The number of nitrogens with zero attached hydrogens (tertiary/aromatic N) is 4. The van der Waals surface area contributed by atoms with E-state index in [0.717, 1.165) is 0 Å². The summed E-state index contributed by atoms with van der Waals surface area (Å²) in [7, 11) is 1.77. The van der Waals surface area contributed by atoms with Gasteiger partial charge in [0.2, 0.25) is 5.82 Å². The van der Waals surface area contributed by atoms with Crippen molar-refractivity contribution in [1.82, 2.24) is 19.9 Å². The minimum Gasteiger partial charge on any atom is -0.446 e. The van der Waals surface area contributed by atoms with Crippen LogP contribution < -0.4 is 0 Å². The summed E-state index contributed by atoms with van der Waals surface area (Å²) in [6.45, 7) is 1.81. The predicted octanol–water partition coefficient (Wildman–Crippen LogP) is 3.45. The molecule has 0 spiro atoms. The molecule has 0 N–H and O–H groups in total. The van der Waals surface area contributed by atoms with E-state index < -0.39 is 0 Å². The monoisotopic (exact) mass is 342 g/mol. The fraction of sp³-hybridized carbons (Fsp3) is 0.182. The molecule has 0 unspecified atom stereocenters. The highest BCUT2D eigenvalue weighted by Crippen LogP contribution is 2.30. The molecule has 0 amide bonds. The first-order valence-corrected chi connectivity index (χ1v) is 6.52. The van der Waals surface area contributed by atoms with Gasteiger partial charge in [-0.3, -0.25) is 4.68 Å². The molecular formula is C11H8BrClN4O2. The van der Waals surface area contributed by atoms with Gasteiger partial charge in [-0.25, -0.2) is 0 Å². The van der Waals surface area contributed by atoms with Crippen molar-refractivity contribution < 1.29 is 8.94 Å². The van der Waals surface area contributed by atoms with Gasteiger partial charge in [0.05, 0.1) is 10.7 Å². The van der Waals surface area contributed by atoms with Gasteiger partial charge in [-0.2, -0.15) is 10.1 Å². The van der Waals surface area contributed by atoms with E-state index in [0.29, 0.717) is 38.6 Å². The summed E-state index contributed by atoms with van der Waals surface area (Å²) in [5, 5.41) is 8.56. The standard InChI is InChI=1S/C11H8BrClN4O2/c1-5-8(13)9(17(2)15-5)11-14-10(16-19-11)6-3-4-7(12)18-6/h3-4H,1-2H3. The van der Waals surface area contributed by atoms with E-state index in [9.17, 15) is 0 Å². The molecule has 6 nitrogen and oxygen atoms in total. The number of hydrogen-bond acceptors (Lipinski definition) is 5. The largest absolute Gasteiger partial charge is 0.446 e. The average molecular weight is 344 g/mol. The highest BCUT2D eigenvalue weighted by atomic mass is 79.9. The summed E-state index contributed by atoms with van der Waals surface area (Å²) in [6.07, 6.45) is 0. The summed E-state index contributed by atoms with van der Waals surface area (Å²) in [6, 6.07) is 3.50. The average Bonchev–Trinajstić information content (AvgIpc) is 3.02. The smallest absolute Gasteiger partial charge is 0.278 e. The number of furan rings is 1. The van der Waals surface area contributed by atoms with Gasteiger partial charge in [0.25, 0.3) is 5.89 Å². The lowest BCUT2D eigenvalue weighted by Gasteiger charge is -1.94. The molecule has 0 fully saturated rings. The molecule has 0 aliphatic heterocycles. The molecule has 0 aliphatic rings. The van der Waals surface area contributed by atoms with Gasteiger partial charge >= 0.3 is 0 Å². The van der Waals surface area contributed by atoms with Crippen LogP contribution in [0.3, 0.4) is 0 Å². The van der Waals surface area contributed by atoms with Crippen molar-refractivity contribution in [3.05, 3.63) is 27.5 Å². The number of rotatable bonds is 2. The van der Waals surface area contributed by atoms with Crippen molar-refractivity contribution >= 4 is 27.5 Å². The fourth-order valence-corrected chi connectivity index (χ4v) is 2.27. The van der Waals surface area contributed by atoms with Gasteiger partial charge in [-0.05, 0) is 35.0 Å². The lowest BCUT2D eigenvalue weighted by molar-refractivity contribution is 0.425. The van der Waals surface area contributed by atoms with Crippen LogP contribution in [0.2, 0.25) is 5.02 Å². The van der Waals surface area contributed by atoms with E-state index in [-0.39, 0.29) is 0 Å². The summed E-state index contributed by atoms with van der Waals surface area (Å²) in [5.41, 5.74) is 1.29. The molecule has 0 saturated carbocycles. The maximum absolute atomic E-state index is 6.17. The molecule has 98 valence electrons. The second kappa shape index (κ2) is 4.50. The van der Waals surface area contributed by atoms with Crippen molar-refractivity contribution in [3.63, 3.8) is 0 Å². The Morgan fingerprint density at radius 3 is 2.74 bits per heavy atom. The molecule has 3 aromatic rings. The summed E-state index contributed by atoms with van der Waals surface area (Å²) >= 11 is 9.39. The predicted molar refractivity (Wildman–Crippen MR) is 71.6 cm³/mol. The molecule has 19 heavy (non-hydrogen) atoms. The quantitative estimate of drug-likeness (QED) is 0.712. The number of aromatic nitrogens is 4. The Kier molecular flexibility index (Phi) is 2.94. The number of aryl methyl sites for hydroxylation is 2. The van der Waals surface area contributed by atoms with E-state index >= 15 is 0 Å². The summed E-state index contributed by atoms with van der Waals surface area (Å²) in [4.78, 5) is 4.26. The third-order valence-electron chi connectivity index (χ3n) is 2.57. The first-order valence-electron chi connectivity index (χ1n) is 5.35. The zero-order chi connectivity index (χ0) is 13.6. The van der Waals surface area contributed by atoms with Crippen LogP contribution in [-0.2, 0) is 7.05 Å². The van der Waals surface area contributed by atoms with Crippen LogP contribution in [0.15, 0.2) is 25.7 Å². The Bertz CT molecular complexity index is 746. The normalized spacial score (nSPS) is 11.2. The van der Waals surface area contributed by atoms with Crippen molar-refractivity contribution in [2.24, 2.45) is 7.05 Å². The van der Waals surface area contributed by atoms with E-state index in [1.165, 1.54) is 0 Å². The topological polar surface area (TPSA) is 69.9 Å². The van der Waals surface area contributed by atoms with E-state index in [4.69, 9.17) is 20.5 Å². The van der Waals surface area contributed by atoms with Crippen LogP contribution in [0.1, 0.15) is 5.69 Å². The number of halogens is 2. The highest BCUT2D eigenvalue weighted by Gasteiger charge is 2.20.